The molecule has 1 aliphatic heterocycles. The van der Waals surface area contributed by atoms with Gasteiger partial charge in [0.05, 0.1) is 10.7 Å². The minimum atomic E-state index is -0.144. The van der Waals surface area contributed by atoms with E-state index in [0.29, 0.717) is 16.5 Å². The minimum absolute atomic E-state index is 0.0375. The van der Waals surface area contributed by atoms with Crippen LogP contribution in [0.3, 0.4) is 0 Å². The van der Waals surface area contributed by atoms with E-state index in [4.69, 9.17) is 16.3 Å². The first-order valence-electron chi connectivity index (χ1n) is 3.89. The Bertz CT molecular complexity index is 376. The molecule has 4 heteroatoms. The van der Waals surface area contributed by atoms with Crippen LogP contribution < -0.4 is 10.1 Å². The number of nitrogens with one attached hydrogen (secondary N) is 1. The van der Waals surface area contributed by atoms with Gasteiger partial charge in [0.1, 0.15) is 0 Å². The molecule has 68 valence electrons. The molecule has 1 aromatic rings. The summed E-state index contributed by atoms with van der Waals surface area (Å²) < 4.78 is 5.18. The van der Waals surface area contributed by atoms with Crippen LogP contribution in [0.2, 0.25) is 5.02 Å². The van der Waals surface area contributed by atoms with Crippen molar-refractivity contribution in [3.05, 3.63) is 22.7 Å². The van der Waals surface area contributed by atoms with Gasteiger partial charge in [-0.3, -0.25) is 4.79 Å². The SMILES string of the molecule is Cc1cc(Cl)c2c(c1)NC(=O)CO2. The highest BCUT2D eigenvalue weighted by Gasteiger charge is 2.18. The van der Waals surface area contributed by atoms with E-state index in [1.807, 2.05) is 13.0 Å². The monoisotopic (exact) mass is 197 g/mol. The number of halogens is 1. The van der Waals surface area contributed by atoms with Crippen molar-refractivity contribution < 1.29 is 9.53 Å². The average molecular weight is 198 g/mol. The van der Waals surface area contributed by atoms with Crippen molar-refractivity contribution in [2.24, 2.45) is 0 Å². The van der Waals surface area contributed by atoms with Crippen molar-refractivity contribution in [2.45, 2.75) is 6.92 Å². The number of benzene rings is 1. The van der Waals surface area contributed by atoms with Crippen molar-refractivity contribution in [3.8, 4) is 5.75 Å². The molecule has 1 aliphatic rings. The zero-order chi connectivity index (χ0) is 9.42. The second-order valence-electron chi connectivity index (χ2n) is 2.96. The first kappa shape index (κ1) is 8.38. The number of rotatable bonds is 0. The number of anilines is 1. The Morgan fingerprint density at radius 3 is 3.08 bits per heavy atom. The molecule has 0 saturated carbocycles. The maximum Gasteiger partial charge on any atom is 0.262 e. The predicted molar refractivity (Wildman–Crippen MR) is 50.3 cm³/mol. The molecule has 0 spiro atoms. The minimum Gasteiger partial charge on any atom is -0.480 e. The topological polar surface area (TPSA) is 38.3 Å². The van der Waals surface area contributed by atoms with Crippen molar-refractivity contribution in [3.63, 3.8) is 0 Å². The maximum absolute atomic E-state index is 11.0. The lowest BCUT2D eigenvalue weighted by atomic mass is 10.2. The van der Waals surface area contributed by atoms with E-state index in [2.05, 4.69) is 5.32 Å². The smallest absolute Gasteiger partial charge is 0.262 e. The van der Waals surface area contributed by atoms with Crippen molar-refractivity contribution in [2.75, 3.05) is 11.9 Å². The Morgan fingerprint density at radius 2 is 2.31 bits per heavy atom. The van der Waals surface area contributed by atoms with E-state index in [1.54, 1.807) is 6.07 Å². The summed E-state index contributed by atoms with van der Waals surface area (Å²) in [6.45, 7) is 1.95. The molecular weight excluding hydrogens is 190 g/mol. The number of hydrogen-bond acceptors (Lipinski definition) is 2. The van der Waals surface area contributed by atoms with E-state index in [9.17, 15) is 4.79 Å². The Balaban J connectivity index is 2.53. The van der Waals surface area contributed by atoms with E-state index in [-0.39, 0.29) is 12.5 Å². The van der Waals surface area contributed by atoms with E-state index in [1.165, 1.54) is 0 Å². The third kappa shape index (κ3) is 1.47. The third-order valence-corrected chi connectivity index (χ3v) is 2.09. The summed E-state index contributed by atoms with van der Waals surface area (Å²) in [7, 11) is 0. The fourth-order valence-corrected chi connectivity index (χ4v) is 1.62. The normalized spacial score (nSPS) is 14.5. The molecule has 0 atom stereocenters. The highest BCUT2D eigenvalue weighted by molar-refractivity contribution is 6.32. The summed E-state index contributed by atoms with van der Waals surface area (Å²) in [5.41, 5.74) is 1.65. The number of carbonyl (C=O) groups excluding carboxylic acids is 1. The van der Waals surface area contributed by atoms with Gasteiger partial charge >= 0.3 is 0 Å². The van der Waals surface area contributed by atoms with Crippen LogP contribution in [0.1, 0.15) is 5.56 Å². The molecule has 0 aromatic heterocycles. The van der Waals surface area contributed by atoms with Crippen LogP contribution in [0.4, 0.5) is 5.69 Å². The number of fused-ring (bicyclic) bond motifs is 1. The first-order valence-corrected chi connectivity index (χ1v) is 4.27. The largest absolute Gasteiger partial charge is 0.480 e. The molecule has 0 fully saturated rings. The Labute approximate surface area is 80.6 Å². The van der Waals surface area contributed by atoms with Gasteiger partial charge in [-0.2, -0.15) is 0 Å². The number of amides is 1. The summed E-state index contributed by atoms with van der Waals surface area (Å²) in [5, 5.41) is 3.23. The molecule has 1 amide bonds. The highest BCUT2D eigenvalue weighted by atomic mass is 35.5. The summed E-state index contributed by atoms with van der Waals surface area (Å²) in [6, 6.07) is 3.64. The van der Waals surface area contributed by atoms with Crippen LogP contribution >= 0.6 is 11.6 Å². The molecule has 1 aromatic carbocycles. The van der Waals surface area contributed by atoms with Gasteiger partial charge in [-0.1, -0.05) is 11.6 Å². The molecule has 0 bridgehead atoms. The average Bonchev–Trinajstić information content (AvgIpc) is 2.02. The van der Waals surface area contributed by atoms with Crippen LogP contribution in [0.25, 0.3) is 0 Å². The number of aryl methyl sites for hydroxylation is 1. The highest BCUT2D eigenvalue weighted by Crippen LogP contribution is 2.36. The summed E-state index contributed by atoms with van der Waals surface area (Å²) >= 11 is 5.92. The van der Waals surface area contributed by atoms with Crippen LogP contribution in [0, 0.1) is 6.92 Å². The van der Waals surface area contributed by atoms with Crippen LogP contribution in [0.5, 0.6) is 5.75 Å². The molecular formula is C9H8ClNO2. The lowest BCUT2D eigenvalue weighted by Gasteiger charge is -2.19. The molecule has 1 heterocycles. The van der Waals surface area contributed by atoms with Crippen LogP contribution in [0.15, 0.2) is 12.1 Å². The molecule has 2 rings (SSSR count). The summed E-state index contributed by atoms with van der Waals surface area (Å²) in [6.07, 6.45) is 0. The van der Waals surface area contributed by atoms with Gasteiger partial charge in [-0.15, -0.1) is 0 Å². The Morgan fingerprint density at radius 1 is 1.54 bits per heavy atom. The second kappa shape index (κ2) is 2.92. The molecule has 0 radical (unpaired) electrons. The van der Waals surface area contributed by atoms with Crippen molar-refractivity contribution >= 4 is 23.2 Å². The lowest BCUT2D eigenvalue weighted by molar-refractivity contribution is -0.118. The Kier molecular flexibility index (Phi) is 1.88. The Hall–Kier alpha value is -1.22. The molecule has 0 saturated heterocycles. The third-order valence-electron chi connectivity index (χ3n) is 1.81. The van der Waals surface area contributed by atoms with Gasteiger partial charge < -0.3 is 10.1 Å². The van der Waals surface area contributed by atoms with Gasteiger partial charge in [0.25, 0.3) is 5.91 Å². The lowest BCUT2D eigenvalue weighted by Crippen LogP contribution is -2.25. The number of hydrogen-bond donors (Lipinski definition) is 1. The molecule has 13 heavy (non-hydrogen) atoms. The van der Waals surface area contributed by atoms with Crippen LogP contribution in [-0.4, -0.2) is 12.5 Å². The first-order chi connectivity index (χ1) is 6.16. The van der Waals surface area contributed by atoms with Gasteiger partial charge in [-0.05, 0) is 24.6 Å². The van der Waals surface area contributed by atoms with E-state index < -0.39 is 0 Å². The quantitative estimate of drug-likeness (QED) is 0.691. The van der Waals surface area contributed by atoms with Gasteiger partial charge in [0, 0.05) is 0 Å². The van der Waals surface area contributed by atoms with Crippen molar-refractivity contribution in [1.29, 1.82) is 0 Å². The van der Waals surface area contributed by atoms with Gasteiger partial charge in [0.15, 0.2) is 12.4 Å². The molecule has 0 aliphatic carbocycles. The van der Waals surface area contributed by atoms with E-state index in [0.717, 1.165) is 5.56 Å². The van der Waals surface area contributed by atoms with E-state index >= 15 is 0 Å². The second-order valence-corrected chi connectivity index (χ2v) is 3.37. The summed E-state index contributed by atoms with van der Waals surface area (Å²) in [4.78, 5) is 11.0. The standard InChI is InChI=1S/C9H8ClNO2/c1-5-2-6(10)9-7(3-5)11-8(12)4-13-9/h2-3H,4H2,1H3,(H,11,12). The fraction of sp³-hybridized carbons (Fsp3) is 0.222. The summed E-state index contributed by atoms with van der Waals surface area (Å²) in [5.74, 6) is 0.418. The number of carbonyl (C=O) groups is 1. The van der Waals surface area contributed by atoms with Gasteiger partial charge in [-0.25, -0.2) is 0 Å². The maximum atomic E-state index is 11.0. The fourth-order valence-electron chi connectivity index (χ4n) is 1.29. The predicted octanol–water partition coefficient (Wildman–Crippen LogP) is 1.98. The van der Waals surface area contributed by atoms with Gasteiger partial charge in [0.2, 0.25) is 0 Å². The zero-order valence-corrected chi connectivity index (χ0v) is 7.81. The van der Waals surface area contributed by atoms with Crippen molar-refractivity contribution in [1.82, 2.24) is 0 Å². The zero-order valence-electron chi connectivity index (χ0n) is 7.06. The molecule has 0 unspecified atom stereocenters. The molecule has 1 N–H and O–H groups in total. The molecule has 3 nitrogen and oxygen atoms in total. The number of ether oxygens (including phenoxy) is 1. The van der Waals surface area contributed by atoms with Crippen LogP contribution in [-0.2, 0) is 4.79 Å².